The summed E-state index contributed by atoms with van der Waals surface area (Å²) in [6, 6.07) is 7.91. The van der Waals surface area contributed by atoms with Gasteiger partial charge >= 0.3 is 0 Å². The summed E-state index contributed by atoms with van der Waals surface area (Å²) in [6.45, 7) is 4.64. The Balaban J connectivity index is 2.63. The first-order chi connectivity index (χ1) is 5.72. The second-order valence-corrected chi connectivity index (χ2v) is 2.93. The van der Waals surface area contributed by atoms with E-state index in [1.165, 1.54) is 5.56 Å². The molecule has 1 rings (SSSR count). The van der Waals surface area contributed by atoms with Crippen molar-refractivity contribution in [3.63, 3.8) is 0 Å². The van der Waals surface area contributed by atoms with Crippen molar-refractivity contribution in [2.45, 2.75) is 20.4 Å². The lowest BCUT2D eigenvalue weighted by Crippen LogP contribution is -2.11. The number of nitrogens with zero attached hydrogens (tertiary/aromatic N) is 1. The molecule has 1 aromatic carbocycles. The molecule has 0 aliphatic heterocycles. The predicted molar refractivity (Wildman–Crippen MR) is 48.4 cm³/mol. The molecule has 0 fully saturated rings. The fourth-order valence-electron chi connectivity index (χ4n) is 1.12. The largest absolute Gasteiger partial charge is 0.142 e. The van der Waals surface area contributed by atoms with E-state index in [0.29, 0.717) is 13.1 Å². The summed E-state index contributed by atoms with van der Waals surface area (Å²) in [5.41, 5.74) is 2.20. The Kier molecular flexibility index (Phi) is 3.23. The quantitative estimate of drug-likeness (QED) is 0.625. The zero-order valence-corrected chi connectivity index (χ0v) is 7.55. The predicted octanol–water partition coefficient (Wildman–Crippen LogP) is 2.70. The van der Waals surface area contributed by atoms with Crippen LogP contribution in [-0.2, 0) is 6.54 Å². The van der Waals surface area contributed by atoms with Crippen molar-refractivity contribution in [1.82, 2.24) is 5.12 Å². The molecule has 0 unspecified atom stereocenters. The molecule has 0 aliphatic carbocycles. The highest BCUT2D eigenvalue weighted by molar-refractivity contribution is 5.21. The van der Waals surface area contributed by atoms with E-state index in [1.807, 2.05) is 31.2 Å². The minimum Gasteiger partial charge on any atom is -0.142 e. The lowest BCUT2D eigenvalue weighted by Gasteiger charge is -2.08. The average Bonchev–Trinajstić information content (AvgIpc) is 2.04. The number of rotatable bonds is 3. The second kappa shape index (κ2) is 4.21. The Morgan fingerprint density at radius 2 is 2.17 bits per heavy atom. The number of aryl methyl sites for hydroxylation is 1. The van der Waals surface area contributed by atoms with Gasteiger partial charge in [0, 0.05) is 6.54 Å². The van der Waals surface area contributed by atoms with Crippen molar-refractivity contribution >= 4 is 0 Å². The number of benzene rings is 1. The molecule has 2 heteroatoms. The first-order valence-corrected chi connectivity index (χ1v) is 4.18. The molecule has 66 valence electrons. The number of hydrogen-bond acceptors (Lipinski definition) is 1. The Labute approximate surface area is 72.8 Å². The van der Waals surface area contributed by atoms with Gasteiger partial charge in [-0.3, -0.25) is 0 Å². The van der Waals surface area contributed by atoms with Gasteiger partial charge < -0.3 is 0 Å². The summed E-state index contributed by atoms with van der Waals surface area (Å²) in [4.78, 5) is 0. The van der Waals surface area contributed by atoms with E-state index in [1.54, 1.807) is 6.92 Å². The van der Waals surface area contributed by atoms with Crippen molar-refractivity contribution in [3.05, 3.63) is 35.4 Å². The molecule has 0 heterocycles. The van der Waals surface area contributed by atoms with E-state index in [-0.39, 0.29) is 0 Å². The highest BCUT2D eigenvalue weighted by atomic mass is 19.2. The molecule has 1 aromatic rings. The molecule has 0 atom stereocenters. The molecule has 0 spiro atoms. The molecule has 0 N–H and O–H groups in total. The average molecular weight is 167 g/mol. The third-order valence-corrected chi connectivity index (χ3v) is 1.78. The normalized spacial score (nSPS) is 10.7. The fraction of sp³-hybridized carbons (Fsp3) is 0.400. The van der Waals surface area contributed by atoms with Crippen LogP contribution in [0.2, 0.25) is 0 Å². The van der Waals surface area contributed by atoms with Crippen LogP contribution in [0.5, 0.6) is 0 Å². The van der Waals surface area contributed by atoms with Crippen molar-refractivity contribution in [3.8, 4) is 0 Å². The Hall–Kier alpha value is -0.890. The van der Waals surface area contributed by atoms with Gasteiger partial charge in [-0.05, 0) is 19.4 Å². The van der Waals surface area contributed by atoms with Crippen LogP contribution in [-0.4, -0.2) is 11.7 Å². The monoisotopic (exact) mass is 167 g/mol. The maximum atomic E-state index is 12.8. The molecule has 0 bridgehead atoms. The van der Waals surface area contributed by atoms with E-state index in [4.69, 9.17) is 0 Å². The standard InChI is InChI=1S/C10H14FN/c1-3-12(11)8-10-6-4-5-9(2)7-10/h4-7H,3,8H2,1-2H3. The third-order valence-electron chi connectivity index (χ3n) is 1.78. The molecule has 12 heavy (non-hydrogen) atoms. The maximum absolute atomic E-state index is 12.8. The SMILES string of the molecule is CCN(F)Cc1cccc(C)c1. The van der Waals surface area contributed by atoms with Gasteiger partial charge in [0.2, 0.25) is 0 Å². The van der Waals surface area contributed by atoms with E-state index >= 15 is 0 Å². The van der Waals surface area contributed by atoms with Gasteiger partial charge in [0.25, 0.3) is 0 Å². The van der Waals surface area contributed by atoms with Crippen LogP contribution in [0, 0.1) is 6.92 Å². The van der Waals surface area contributed by atoms with E-state index in [2.05, 4.69) is 0 Å². The summed E-state index contributed by atoms with van der Waals surface area (Å²) in [6.07, 6.45) is 0. The topological polar surface area (TPSA) is 3.24 Å². The summed E-state index contributed by atoms with van der Waals surface area (Å²) < 4.78 is 12.8. The second-order valence-electron chi connectivity index (χ2n) is 2.93. The molecule has 0 radical (unpaired) electrons. The molecule has 0 aromatic heterocycles. The fourth-order valence-corrected chi connectivity index (χ4v) is 1.12. The summed E-state index contributed by atoms with van der Waals surface area (Å²) >= 11 is 0. The Bertz CT molecular complexity index is 247. The summed E-state index contributed by atoms with van der Waals surface area (Å²) in [7, 11) is 0. The minimum absolute atomic E-state index is 0.387. The minimum atomic E-state index is 0.387. The zero-order valence-electron chi connectivity index (χ0n) is 7.55. The number of hydrogen-bond donors (Lipinski definition) is 0. The number of halogens is 1. The van der Waals surface area contributed by atoms with Gasteiger partial charge in [-0.1, -0.05) is 29.8 Å². The van der Waals surface area contributed by atoms with Crippen LogP contribution in [0.1, 0.15) is 18.1 Å². The van der Waals surface area contributed by atoms with Crippen molar-refractivity contribution < 1.29 is 4.48 Å². The van der Waals surface area contributed by atoms with Crippen molar-refractivity contribution in [2.24, 2.45) is 0 Å². The smallest absolute Gasteiger partial charge is 0.0540 e. The maximum Gasteiger partial charge on any atom is 0.0540 e. The molecule has 1 nitrogen and oxygen atoms in total. The van der Waals surface area contributed by atoms with Crippen LogP contribution in [0.3, 0.4) is 0 Å². The van der Waals surface area contributed by atoms with Gasteiger partial charge in [0.15, 0.2) is 0 Å². The van der Waals surface area contributed by atoms with Crippen LogP contribution < -0.4 is 0 Å². The lowest BCUT2D eigenvalue weighted by atomic mass is 10.1. The molecule has 0 amide bonds. The van der Waals surface area contributed by atoms with E-state index < -0.39 is 0 Å². The third kappa shape index (κ3) is 2.62. The first-order valence-electron chi connectivity index (χ1n) is 4.18. The Morgan fingerprint density at radius 1 is 1.42 bits per heavy atom. The molecular formula is C10H14FN. The highest BCUT2D eigenvalue weighted by Crippen LogP contribution is 2.07. The van der Waals surface area contributed by atoms with Crippen molar-refractivity contribution in [2.75, 3.05) is 6.54 Å². The molecule has 0 saturated heterocycles. The van der Waals surface area contributed by atoms with Crippen LogP contribution >= 0.6 is 0 Å². The van der Waals surface area contributed by atoms with Gasteiger partial charge in [-0.2, -0.15) is 0 Å². The van der Waals surface area contributed by atoms with Crippen LogP contribution in [0.25, 0.3) is 0 Å². The van der Waals surface area contributed by atoms with Crippen molar-refractivity contribution in [1.29, 1.82) is 0 Å². The lowest BCUT2D eigenvalue weighted by molar-refractivity contribution is 0.0224. The Morgan fingerprint density at radius 3 is 2.75 bits per heavy atom. The summed E-state index contributed by atoms with van der Waals surface area (Å²) in [5.74, 6) is 0. The van der Waals surface area contributed by atoms with Gasteiger partial charge in [-0.25, -0.2) is 0 Å². The molecule has 0 aliphatic rings. The van der Waals surface area contributed by atoms with E-state index in [9.17, 15) is 4.48 Å². The van der Waals surface area contributed by atoms with Gasteiger partial charge in [0.1, 0.15) is 0 Å². The summed E-state index contributed by atoms with van der Waals surface area (Å²) in [5, 5.41) is 0.800. The zero-order chi connectivity index (χ0) is 8.97. The van der Waals surface area contributed by atoms with Crippen LogP contribution in [0.15, 0.2) is 24.3 Å². The highest BCUT2D eigenvalue weighted by Gasteiger charge is 2.00. The first kappa shape index (κ1) is 9.20. The van der Waals surface area contributed by atoms with Crippen LogP contribution in [0.4, 0.5) is 4.48 Å². The van der Waals surface area contributed by atoms with Gasteiger partial charge in [0.05, 0.1) is 6.54 Å². The molecule has 0 saturated carbocycles. The van der Waals surface area contributed by atoms with E-state index in [0.717, 1.165) is 10.7 Å². The van der Waals surface area contributed by atoms with Gasteiger partial charge in [-0.15, -0.1) is 9.60 Å². The molecular weight excluding hydrogens is 153 g/mol.